The second kappa shape index (κ2) is 14.4. The zero-order chi connectivity index (χ0) is 20.7. The maximum absolute atomic E-state index is 11.3. The summed E-state index contributed by atoms with van der Waals surface area (Å²) >= 11 is 0. The molecular weight excluding hydrogens is 371 g/mol. The third kappa shape index (κ3) is 15.1. The van der Waals surface area contributed by atoms with Crippen LogP contribution >= 0.6 is 7.82 Å². The zero-order valence-corrected chi connectivity index (χ0v) is 16.6. The van der Waals surface area contributed by atoms with Crippen molar-refractivity contribution in [1.29, 1.82) is 0 Å². The molecule has 0 unspecified atom stereocenters. The second-order valence-corrected chi connectivity index (χ2v) is 7.26. The van der Waals surface area contributed by atoms with E-state index in [1.54, 1.807) is 24.3 Å². The number of carbonyl (C=O) groups is 1. The minimum Gasteiger partial charge on any atom is -0.507 e. The van der Waals surface area contributed by atoms with Crippen molar-refractivity contribution in [3.05, 3.63) is 41.5 Å². The standard InChI is InChI=1S/C19H28O3.H3O4P/c1-2-3-4-5-6-7-8-12-15-17(19(21)22)18(20)16-13-10-9-11-14-16;1-5(2,3)4/h9-11,13-14,20H,2-8,12,15H2,1H3,(H,21,22);(H3,1,2,3,4). The van der Waals surface area contributed by atoms with E-state index in [1.807, 2.05) is 6.07 Å². The lowest BCUT2D eigenvalue weighted by Crippen LogP contribution is -2.04. The van der Waals surface area contributed by atoms with Gasteiger partial charge in [0.1, 0.15) is 5.76 Å². The largest absolute Gasteiger partial charge is 0.507 e. The lowest BCUT2D eigenvalue weighted by Gasteiger charge is -2.07. The van der Waals surface area contributed by atoms with Gasteiger partial charge in [-0.3, -0.25) is 0 Å². The van der Waals surface area contributed by atoms with Crippen molar-refractivity contribution < 1.29 is 34.3 Å². The molecule has 0 radical (unpaired) electrons. The van der Waals surface area contributed by atoms with Gasteiger partial charge in [-0.2, -0.15) is 0 Å². The molecule has 0 atom stereocenters. The van der Waals surface area contributed by atoms with Crippen molar-refractivity contribution in [3.63, 3.8) is 0 Å². The van der Waals surface area contributed by atoms with Crippen molar-refractivity contribution in [2.45, 2.75) is 64.7 Å². The lowest BCUT2D eigenvalue weighted by molar-refractivity contribution is -0.132. The Morgan fingerprint density at radius 2 is 1.30 bits per heavy atom. The molecule has 0 fully saturated rings. The van der Waals surface area contributed by atoms with Gasteiger partial charge in [-0.25, -0.2) is 9.36 Å². The van der Waals surface area contributed by atoms with Crippen LogP contribution in [0.1, 0.15) is 70.3 Å². The summed E-state index contributed by atoms with van der Waals surface area (Å²) in [6.45, 7) is 2.21. The molecule has 0 aromatic heterocycles. The summed E-state index contributed by atoms with van der Waals surface area (Å²) in [6, 6.07) is 8.89. The molecule has 0 spiro atoms. The van der Waals surface area contributed by atoms with Gasteiger partial charge in [0.15, 0.2) is 0 Å². The van der Waals surface area contributed by atoms with Crippen LogP contribution in [-0.4, -0.2) is 30.9 Å². The smallest absolute Gasteiger partial charge is 0.466 e. The van der Waals surface area contributed by atoms with Gasteiger partial charge in [0, 0.05) is 5.56 Å². The molecule has 1 aromatic rings. The van der Waals surface area contributed by atoms with Gasteiger partial charge in [0.2, 0.25) is 0 Å². The molecule has 1 rings (SSSR count). The number of hydrogen-bond donors (Lipinski definition) is 5. The van der Waals surface area contributed by atoms with Crippen LogP contribution in [0.5, 0.6) is 0 Å². The summed E-state index contributed by atoms with van der Waals surface area (Å²) in [5.41, 5.74) is 0.691. The number of phosphoric acid groups is 1. The number of aliphatic carboxylic acids is 1. The number of carboxylic acids is 1. The third-order valence-corrected chi connectivity index (χ3v) is 3.87. The fraction of sp³-hybridized carbons (Fsp3) is 0.526. The second-order valence-electron chi connectivity index (χ2n) is 6.24. The van der Waals surface area contributed by atoms with Crippen LogP contribution < -0.4 is 0 Å². The van der Waals surface area contributed by atoms with E-state index in [0.717, 1.165) is 19.3 Å². The molecule has 0 aliphatic rings. The molecule has 7 nitrogen and oxygen atoms in total. The molecule has 8 heteroatoms. The highest BCUT2D eigenvalue weighted by molar-refractivity contribution is 7.45. The number of benzene rings is 1. The van der Waals surface area contributed by atoms with E-state index in [2.05, 4.69) is 6.92 Å². The topological polar surface area (TPSA) is 135 Å². The highest BCUT2D eigenvalue weighted by Gasteiger charge is 2.14. The Labute approximate surface area is 160 Å². The zero-order valence-electron chi connectivity index (χ0n) is 15.8. The molecule has 0 saturated heterocycles. The van der Waals surface area contributed by atoms with Crippen LogP contribution in [0.3, 0.4) is 0 Å². The normalized spacial score (nSPS) is 12.0. The van der Waals surface area contributed by atoms with Crippen molar-refractivity contribution >= 4 is 19.6 Å². The van der Waals surface area contributed by atoms with Gasteiger partial charge < -0.3 is 24.9 Å². The maximum Gasteiger partial charge on any atom is 0.466 e. The van der Waals surface area contributed by atoms with Crippen LogP contribution in [0.2, 0.25) is 0 Å². The molecule has 0 saturated carbocycles. The minimum atomic E-state index is -4.64. The Morgan fingerprint density at radius 3 is 1.74 bits per heavy atom. The first-order chi connectivity index (χ1) is 12.7. The van der Waals surface area contributed by atoms with Gasteiger partial charge in [-0.1, -0.05) is 82.2 Å². The van der Waals surface area contributed by atoms with Crippen LogP contribution in [0.4, 0.5) is 0 Å². The van der Waals surface area contributed by atoms with E-state index in [4.69, 9.17) is 19.2 Å². The predicted molar refractivity (Wildman–Crippen MR) is 105 cm³/mol. The molecule has 154 valence electrons. The van der Waals surface area contributed by atoms with Crippen LogP contribution in [0, 0.1) is 0 Å². The monoisotopic (exact) mass is 402 g/mol. The van der Waals surface area contributed by atoms with E-state index in [-0.39, 0.29) is 11.3 Å². The average Bonchev–Trinajstić information content (AvgIpc) is 2.59. The summed E-state index contributed by atoms with van der Waals surface area (Å²) in [5, 5.41) is 19.4. The highest BCUT2D eigenvalue weighted by atomic mass is 31.2. The molecule has 0 heterocycles. The average molecular weight is 402 g/mol. The molecular formula is C19H31O7P. The first kappa shape index (κ1) is 25.3. The fourth-order valence-corrected chi connectivity index (χ4v) is 2.53. The van der Waals surface area contributed by atoms with Gasteiger partial charge in [0.25, 0.3) is 0 Å². The Balaban J connectivity index is 0.00000119. The predicted octanol–water partition coefficient (Wildman–Crippen LogP) is 4.64. The summed E-state index contributed by atoms with van der Waals surface area (Å²) in [7, 11) is -4.64. The third-order valence-electron chi connectivity index (χ3n) is 3.87. The first-order valence-corrected chi connectivity index (χ1v) is 10.7. The molecule has 0 aliphatic carbocycles. The summed E-state index contributed by atoms with van der Waals surface area (Å²) in [5.74, 6) is -1.12. The van der Waals surface area contributed by atoms with E-state index < -0.39 is 13.8 Å². The van der Waals surface area contributed by atoms with Crippen LogP contribution in [0.25, 0.3) is 5.76 Å². The van der Waals surface area contributed by atoms with E-state index in [1.165, 1.54) is 32.1 Å². The maximum atomic E-state index is 11.3. The molecule has 0 aliphatic heterocycles. The summed E-state index contributed by atoms with van der Waals surface area (Å²) in [6.07, 6.45) is 9.74. The van der Waals surface area contributed by atoms with Gasteiger partial charge in [-0.15, -0.1) is 0 Å². The molecule has 1 aromatic carbocycles. The number of hydrogen-bond acceptors (Lipinski definition) is 3. The Hall–Kier alpha value is -1.66. The van der Waals surface area contributed by atoms with Crippen molar-refractivity contribution in [1.82, 2.24) is 0 Å². The number of aliphatic hydroxyl groups excluding tert-OH is 1. The highest BCUT2D eigenvalue weighted by Crippen LogP contribution is 2.25. The number of aliphatic hydroxyl groups is 1. The van der Waals surface area contributed by atoms with E-state index >= 15 is 0 Å². The quantitative estimate of drug-likeness (QED) is 0.157. The van der Waals surface area contributed by atoms with E-state index in [9.17, 15) is 15.0 Å². The lowest BCUT2D eigenvalue weighted by atomic mass is 10.0. The summed E-state index contributed by atoms with van der Waals surface area (Å²) in [4.78, 5) is 32.9. The van der Waals surface area contributed by atoms with Crippen LogP contribution in [-0.2, 0) is 9.36 Å². The minimum absolute atomic E-state index is 0.101. The van der Waals surface area contributed by atoms with Gasteiger partial charge in [0.05, 0.1) is 5.57 Å². The SMILES string of the molecule is CCCCCCCCCCC(C(=O)O)=C(O)c1ccccc1.O=P(O)(O)O. The molecule has 0 amide bonds. The molecule has 0 bridgehead atoms. The Bertz CT molecular complexity index is 599. The first-order valence-electron chi connectivity index (χ1n) is 9.16. The van der Waals surface area contributed by atoms with Crippen molar-refractivity contribution in [3.8, 4) is 0 Å². The number of unbranched alkanes of at least 4 members (excludes halogenated alkanes) is 7. The molecule has 5 N–H and O–H groups in total. The van der Waals surface area contributed by atoms with Gasteiger partial charge in [-0.05, 0) is 12.8 Å². The van der Waals surface area contributed by atoms with Crippen molar-refractivity contribution in [2.75, 3.05) is 0 Å². The van der Waals surface area contributed by atoms with E-state index in [0.29, 0.717) is 12.0 Å². The Kier molecular flexibility index (Phi) is 13.5. The van der Waals surface area contributed by atoms with Crippen LogP contribution in [0.15, 0.2) is 35.9 Å². The Morgan fingerprint density at radius 1 is 0.852 bits per heavy atom. The van der Waals surface area contributed by atoms with Gasteiger partial charge >= 0.3 is 13.8 Å². The summed E-state index contributed by atoms with van der Waals surface area (Å²) < 4.78 is 8.88. The number of carboxylic acid groups (broad SMARTS) is 1. The number of rotatable bonds is 11. The fourth-order valence-electron chi connectivity index (χ4n) is 2.53. The van der Waals surface area contributed by atoms with Crippen molar-refractivity contribution in [2.24, 2.45) is 0 Å². The molecule has 27 heavy (non-hydrogen) atoms.